The van der Waals surface area contributed by atoms with Crippen LogP contribution in [-0.2, 0) is 4.79 Å². The molecule has 0 heterocycles. The summed E-state index contributed by atoms with van der Waals surface area (Å²) in [4.78, 5) is 10.4. The molecule has 94 valence electrons. The summed E-state index contributed by atoms with van der Waals surface area (Å²) in [7, 11) is 1.29. The molecule has 1 aromatic rings. The van der Waals surface area contributed by atoms with E-state index in [1.165, 1.54) is 13.2 Å². The second-order valence-electron chi connectivity index (χ2n) is 3.50. The quantitative estimate of drug-likeness (QED) is 0.709. The van der Waals surface area contributed by atoms with E-state index < -0.39 is 30.4 Å². The highest BCUT2D eigenvalue weighted by atomic mass is 19.1. The van der Waals surface area contributed by atoms with Crippen molar-refractivity contribution >= 4 is 5.97 Å². The van der Waals surface area contributed by atoms with Crippen LogP contribution in [0, 0.1) is 5.82 Å². The van der Waals surface area contributed by atoms with Gasteiger partial charge in [-0.15, -0.1) is 0 Å². The molecule has 5 nitrogen and oxygen atoms in total. The topological polar surface area (TPSA) is 87.0 Å². The second-order valence-corrected chi connectivity index (χ2v) is 3.50. The number of aliphatic hydroxyl groups excluding tert-OH is 2. The van der Waals surface area contributed by atoms with Crippen LogP contribution in [-0.4, -0.2) is 34.5 Å². The van der Waals surface area contributed by atoms with Gasteiger partial charge in [-0.2, -0.15) is 0 Å². The Bertz CT molecular complexity index is 407. The molecule has 0 spiro atoms. The zero-order chi connectivity index (χ0) is 13.0. The van der Waals surface area contributed by atoms with E-state index in [4.69, 9.17) is 9.84 Å². The van der Waals surface area contributed by atoms with Gasteiger partial charge in [-0.25, -0.2) is 4.39 Å². The summed E-state index contributed by atoms with van der Waals surface area (Å²) in [6.45, 7) is 0. The first kappa shape index (κ1) is 13.4. The van der Waals surface area contributed by atoms with Gasteiger partial charge in [0, 0.05) is 11.6 Å². The molecule has 0 amide bonds. The highest BCUT2D eigenvalue weighted by Crippen LogP contribution is 2.28. The summed E-state index contributed by atoms with van der Waals surface area (Å²) in [5.41, 5.74) is 0.141. The van der Waals surface area contributed by atoms with Crippen LogP contribution in [0.1, 0.15) is 18.1 Å². The standard InChI is InChI=1S/C11H13FO5/c1-17-9-4-6(12)2-3-7(9)11(16)8(13)5-10(14)15/h2-4,8,11,13,16H,5H2,1H3,(H,14,15). The average molecular weight is 244 g/mol. The Hall–Kier alpha value is -1.66. The van der Waals surface area contributed by atoms with E-state index in [0.717, 1.165) is 12.1 Å². The van der Waals surface area contributed by atoms with Crippen molar-refractivity contribution < 1.29 is 29.2 Å². The molecule has 0 radical (unpaired) electrons. The fourth-order valence-corrected chi connectivity index (χ4v) is 1.43. The first-order valence-corrected chi connectivity index (χ1v) is 4.87. The van der Waals surface area contributed by atoms with Crippen molar-refractivity contribution in [2.45, 2.75) is 18.6 Å². The summed E-state index contributed by atoms with van der Waals surface area (Å²) in [6, 6.07) is 3.38. The van der Waals surface area contributed by atoms with Crippen LogP contribution in [0.4, 0.5) is 4.39 Å². The van der Waals surface area contributed by atoms with Crippen LogP contribution in [0.15, 0.2) is 18.2 Å². The van der Waals surface area contributed by atoms with Gasteiger partial charge in [-0.3, -0.25) is 4.79 Å². The number of halogens is 1. The number of hydrogen-bond acceptors (Lipinski definition) is 4. The highest BCUT2D eigenvalue weighted by molar-refractivity contribution is 5.67. The largest absolute Gasteiger partial charge is 0.496 e. The fourth-order valence-electron chi connectivity index (χ4n) is 1.43. The van der Waals surface area contributed by atoms with E-state index in [1.54, 1.807) is 0 Å². The Balaban J connectivity index is 2.94. The van der Waals surface area contributed by atoms with Crippen LogP contribution >= 0.6 is 0 Å². The molecule has 0 saturated heterocycles. The molecule has 0 aliphatic rings. The van der Waals surface area contributed by atoms with Crippen LogP contribution in [0.5, 0.6) is 5.75 Å². The minimum absolute atomic E-state index is 0.0574. The molecule has 0 aliphatic carbocycles. The number of rotatable bonds is 5. The summed E-state index contributed by atoms with van der Waals surface area (Å²) < 4.78 is 17.7. The maximum atomic E-state index is 12.9. The summed E-state index contributed by atoms with van der Waals surface area (Å²) in [6.07, 6.45) is -3.53. The van der Waals surface area contributed by atoms with Crippen LogP contribution in [0.3, 0.4) is 0 Å². The zero-order valence-electron chi connectivity index (χ0n) is 9.13. The number of hydrogen-bond donors (Lipinski definition) is 3. The lowest BCUT2D eigenvalue weighted by molar-refractivity contribution is -0.141. The van der Waals surface area contributed by atoms with Gasteiger partial charge in [0.05, 0.1) is 19.6 Å². The molecule has 2 unspecified atom stereocenters. The predicted octanol–water partition coefficient (Wildman–Crippen LogP) is 0.703. The van der Waals surface area contributed by atoms with Gasteiger partial charge in [0.15, 0.2) is 0 Å². The molecule has 17 heavy (non-hydrogen) atoms. The van der Waals surface area contributed by atoms with Crippen molar-refractivity contribution in [1.82, 2.24) is 0 Å². The first-order chi connectivity index (χ1) is 7.95. The first-order valence-electron chi connectivity index (χ1n) is 4.87. The molecule has 0 fully saturated rings. The van der Waals surface area contributed by atoms with Crippen molar-refractivity contribution in [3.63, 3.8) is 0 Å². The number of carbonyl (C=O) groups is 1. The molecule has 0 aromatic heterocycles. The van der Waals surface area contributed by atoms with Crippen molar-refractivity contribution in [1.29, 1.82) is 0 Å². The molecule has 3 N–H and O–H groups in total. The monoisotopic (exact) mass is 244 g/mol. The van der Waals surface area contributed by atoms with E-state index in [0.29, 0.717) is 0 Å². The van der Waals surface area contributed by atoms with Gasteiger partial charge in [0.25, 0.3) is 0 Å². The van der Waals surface area contributed by atoms with Gasteiger partial charge < -0.3 is 20.1 Å². The molecular weight excluding hydrogens is 231 g/mol. The summed E-state index contributed by atoms with van der Waals surface area (Å²) >= 11 is 0. The molecule has 6 heteroatoms. The lowest BCUT2D eigenvalue weighted by Crippen LogP contribution is -2.22. The molecule has 2 atom stereocenters. The van der Waals surface area contributed by atoms with Gasteiger partial charge >= 0.3 is 5.97 Å². The maximum absolute atomic E-state index is 12.9. The van der Waals surface area contributed by atoms with Crippen LogP contribution in [0.25, 0.3) is 0 Å². The molecule has 0 bridgehead atoms. The number of carboxylic acid groups (broad SMARTS) is 1. The Morgan fingerprint density at radius 1 is 1.47 bits per heavy atom. The predicted molar refractivity (Wildman–Crippen MR) is 56.2 cm³/mol. The highest BCUT2D eigenvalue weighted by Gasteiger charge is 2.24. The fraction of sp³-hybridized carbons (Fsp3) is 0.364. The van der Waals surface area contributed by atoms with Crippen molar-refractivity contribution in [3.05, 3.63) is 29.6 Å². The Morgan fingerprint density at radius 2 is 2.12 bits per heavy atom. The van der Waals surface area contributed by atoms with E-state index in [2.05, 4.69) is 0 Å². The van der Waals surface area contributed by atoms with Crippen LogP contribution < -0.4 is 4.74 Å². The Morgan fingerprint density at radius 3 is 2.65 bits per heavy atom. The SMILES string of the molecule is COc1cc(F)ccc1C(O)C(O)CC(=O)O. The van der Waals surface area contributed by atoms with Gasteiger partial charge in [0.1, 0.15) is 17.7 Å². The Kier molecular flexibility index (Phi) is 4.42. The number of aliphatic hydroxyl groups is 2. The van der Waals surface area contributed by atoms with Crippen molar-refractivity contribution in [2.24, 2.45) is 0 Å². The maximum Gasteiger partial charge on any atom is 0.306 e. The molecule has 1 aromatic carbocycles. The van der Waals surface area contributed by atoms with Crippen molar-refractivity contribution in [2.75, 3.05) is 7.11 Å². The minimum Gasteiger partial charge on any atom is -0.496 e. The van der Waals surface area contributed by atoms with Gasteiger partial charge in [-0.1, -0.05) is 0 Å². The number of ether oxygens (including phenoxy) is 1. The zero-order valence-corrected chi connectivity index (χ0v) is 9.13. The van der Waals surface area contributed by atoms with E-state index >= 15 is 0 Å². The average Bonchev–Trinajstić information content (AvgIpc) is 2.27. The molecule has 1 rings (SSSR count). The van der Waals surface area contributed by atoms with E-state index in [9.17, 15) is 19.4 Å². The van der Waals surface area contributed by atoms with E-state index in [-0.39, 0.29) is 11.3 Å². The molecular formula is C11H13FO5. The third kappa shape index (κ3) is 3.40. The third-order valence-electron chi connectivity index (χ3n) is 2.26. The number of carboxylic acids is 1. The van der Waals surface area contributed by atoms with Gasteiger partial charge in [-0.05, 0) is 12.1 Å². The Labute approximate surface area is 97.1 Å². The molecule has 0 aliphatic heterocycles. The van der Waals surface area contributed by atoms with E-state index in [1.807, 2.05) is 0 Å². The summed E-state index contributed by atoms with van der Waals surface area (Å²) in [5, 5.41) is 27.7. The number of aliphatic carboxylic acids is 1. The second kappa shape index (κ2) is 5.60. The number of benzene rings is 1. The molecule has 0 saturated carbocycles. The normalized spacial score (nSPS) is 14.1. The minimum atomic E-state index is -1.48. The third-order valence-corrected chi connectivity index (χ3v) is 2.26. The lowest BCUT2D eigenvalue weighted by atomic mass is 10.0. The number of methoxy groups -OCH3 is 1. The lowest BCUT2D eigenvalue weighted by Gasteiger charge is -2.18. The van der Waals surface area contributed by atoms with Gasteiger partial charge in [0.2, 0.25) is 0 Å². The van der Waals surface area contributed by atoms with Crippen molar-refractivity contribution in [3.8, 4) is 5.75 Å². The van der Waals surface area contributed by atoms with Crippen LogP contribution in [0.2, 0.25) is 0 Å². The smallest absolute Gasteiger partial charge is 0.306 e. The summed E-state index contributed by atoms with van der Waals surface area (Å²) in [5.74, 6) is -1.73.